The molecule has 0 aliphatic carbocycles. The molecule has 2 aromatic rings. The van der Waals surface area contributed by atoms with E-state index in [0.717, 1.165) is 11.3 Å². The fourth-order valence-electron chi connectivity index (χ4n) is 4.00. The molecule has 0 N–H and O–H groups in total. The fraction of sp³-hybridized carbons (Fsp3) is 0.650. The van der Waals surface area contributed by atoms with Gasteiger partial charge in [0.25, 0.3) is 0 Å². The van der Waals surface area contributed by atoms with Crippen molar-refractivity contribution in [3.63, 3.8) is 0 Å². The normalized spacial score (nSPS) is 17.1. The Morgan fingerprint density at radius 3 is 2.23 bits per heavy atom. The van der Waals surface area contributed by atoms with Gasteiger partial charge in [0.05, 0.1) is 28.2 Å². The molecule has 1 fully saturated rings. The van der Waals surface area contributed by atoms with Gasteiger partial charge in [-0.05, 0) is 24.6 Å². The summed E-state index contributed by atoms with van der Waals surface area (Å²) < 4.78 is 55.2. The summed E-state index contributed by atoms with van der Waals surface area (Å²) in [5.41, 5.74) is 1.52. The van der Waals surface area contributed by atoms with Crippen molar-refractivity contribution in [3.8, 4) is 0 Å². The minimum Gasteiger partial charge on any atom is -0.330 e. The third-order valence-electron chi connectivity index (χ3n) is 5.84. The van der Waals surface area contributed by atoms with Gasteiger partial charge in [0, 0.05) is 46.3 Å². The molecule has 0 amide bonds. The number of rotatable bonds is 9. The van der Waals surface area contributed by atoms with Crippen molar-refractivity contribution in [1.29, 1.82) is 0 Å². The zero-order valence-corrected chi connectivity index (χ0v) is 20.4. The molecule has 0 spiro atoms. The lowest BCUT2D eigenvalue weighted by atomic mass is 10.3. The Bertz CT molecular complexity index is 1120. The van der Waals surface area contributed by atoms with Gasteiger partial charge >= 0.3 is 0 Å². The van der Waals surface area contributed by atoms with Crippen molar-refractivity contribution in [3.05, 3.63) is 24.0 Å². The molecule has 1 aromatic carbocycles. The van der Waals surface area contributed by atoms with E-state index in [-0.39, 0.29) is 10.6 Å². The molecule has 2 heterocycles. The van der Waals surface area contributed by atoms with E-state index >= 15 is 0 Å². The predicted molar refractivity (Wildman–Crippen MR) is 122 cm³/mol. The lowest BCUT2D eigenvalue weighted by Gasteiger charge is -2.33. The Morgan fingerprint density at radius 1 is 1.00 bits per heavy atom. The number of benzene rings is 1. The molecule has 0 saturated carbocycles. The Labute approximate surface area is 185 Å². The van der Waals surface area contributed by atoms with Crippen LogP contribution < -0.4 is 0 Å². The quantitative estimate of drug-likeness (QED) is 0.549. The molecule has 1 saturated heterocycles. The van der Waals surface area contributed by atoms with E-state index in [9.17, 15) is 16.8 Å². The van der Waals surface area contributed by atoms with Crippen LogP contribution in [0.5, 0.6) is 0 Å². The van der Waals surface area contributed by atoms with Gasteiger partial charge in [0.2, 0.25) is 20.0 Å². The Balaban J connectivity index is 1.77. The Morgan fingerprint density at radius 2 is 1.65 bits per heavy atom. The second-order valence-corrected chi connectivity index (χ2v) is 11.8. The minimum atomic E-state index is -3.54. The number of sulfonamides is 2. The summed E-state index contributed by atoms with van der Waals surface area (Å²) in [7, 11) is -4.78. The number of hydrogen-bond donors (Lipinski definition) is 0. The van der Waals surface area contributed by atoms with Crippen LogP contribution in [0.15, 0.2) is 23.1 Å². The molecule has 174 valence electrons. The molecule has 3 rings (SSSR count). The second kappa shape index (κ2) is 9.53. The highest BCUT2D eigenvalue weighted by atomic mass is 32.2. The Kier molecular flexibility index (Phi) is 7.42. The van der Waals surface area contributed by atoms with Gasteiger partial charge in [-0.25, -0.2) is 21.8 Å². The van der Waals surface area contributed by atoms with Crippen LogP contribution >= 0.6 is 0 Å². The van der Waals surface area contributed by atoms with Crippen LogP contribution in [0, 0.1) is 0 Å². The van der Waals surface area contributed by atoms with Crippen LogP contribution in [0.4, 0.5) is 0 Å². The molecule has 0 unspecified atom stereocenters. The third kappa shape index (κ3) is 4.95. The average Bonchev–Trinajstić information content (AvgIpc) is 3.04. The van der Waals surface area contributed by atoms with E-state index in [0.29, 0.717) is 57.8 Å². The van der Waals surface area contributed by atoms with Crippen LogP contribution in [-0.2, 0) is 33.6 Å². The lowest BCUT2D eigenvalue weighted by Crippen LogP contribution is -2.49. The second-order valence-electron chi connectivity index (χ2n) is 7.82. The van der Waals surface area contributed by atoms with Crippen molar-refractivity contribution in [2.45, 2.75) is 38.6 Å². The average molecular weight is 472 g/mol. The molecule has 31 heavy (non-hydrogen) atoms. The topological polar surface area (TPSA) is 95.8 Å². The van der Waals surface area contributed by atoms with Gasteiger partial charge in [-0.1, -0.05) is 20.8 Å². The third-order valence-corrected chi connectivity index (χ3v) is 9.96. The molecule has 1 aliphatic rings. The van der Waals surface area contributed by atoms with Crippen molar-refractivity contribution in [2.24, 2.45) is 7.05 Å². The van der Waals surface area contributed by atoms with E-state index in [1.165, 1.54) is 4.31 Å². The summed E-state index contributed by atoms with van der Waals surface area (Å²) in [6.45, 7) is 9.22. The van der Waals surface area contributed by atoms with Crippen LogP contribution in [-0.4, -0.2) is 84.9 Å². The Hall–Kier alpha value is -1.53. The summed E-state index contributed by atoms with van der Waals surface area (Å²) in [4.78, 5) is 7.14. The van der Waals surface area contributed by atoms with Gasteiger partial charge in [-0.2, -0.15) is 8.61 Å². The van der Waals surface area contributed by atoms with Crippen LogP contribution in [0.1, 0.15) is 33.0 Å². The predicted octanol–water partition coefficient (Wildman–Crippen LogP) is 1.46. The summed E-state index contributed by atoms with van der Waals surface area (Å²) in [5, 5.41) is 0. The summed E-state index contributed by atoms with van der Waals surface area (Å²) in [6.07, 6.45) is 0.619. The van der Waals surface area contributed by atoms with Gasteiger partial charge in [-0.15, -0.1) is 0 Å². The lowest BCUT2D eigenvalue weighted by molar-refractivity contribution is 0.177. The van der Waals surface area contributed by atoms with E-state index in [1.54, 1.807) is 22.5 Å². The minimum absolute atomic E-state index is 0.191. The van der Waals surface area contributed by atoms with Gasteiger partial charge in [0.15, 0.2) is 0 Å². The molecule has 0 bridgehead atoms. The number of imidazole rings is 1. The van der Waals surface area contributed by atoms with Crippen molar-refractivity contribution >= 4 is 31.1 Å². The van der Waals surface area contributed by atoms with E-state index in [1.807, 2.05) is 32.4 Å². The number of aromatic nitrogens is 2. The monoisotopic (exact) mass is 471 g/mol. The standard InChI is InChI=1S/C20H33N5O4S2/c1-5-14-30(26,27)25-12-10-23(11-13-25)16-20-21-18-15-17(8-9-19(18)22(20)4)31(28,29)24(6-2)7-3/h8-9,15H,5-7,10-14,16H2,1-4H3. The van der Waals surface area contributed by atoms with E-state index in [4.69, 9.17) is 4.98 Å². The van der Waals surface area contributed by atoms with Gasteiger partial charge < -0.3 is 4.57 Å². The molecular formula is C20H33N5O4S2. The van der Waals surface area contributed by atoms with Crippen molar-refractivity contribution < 1.29 is 16.8 Å². The molecule has 0 radical (unpaired) electrons. The van der Waals surface area contributed by atoms with Gasteiger partial charge in [-0.3, -0.25) is 4.90 Å². The van der Waals surface area contributed by atoms with E-state index in [2.05, 4.69) is 4.90 Å². The van der Waals surface area contributed by atoms with Crippen LogP contribution in [0.3, 0.4) is 0 Å². The molecular weight excluding hydrogens is 438 g/mol. The zero-order valence-electron chi connectivity index (χ0n) is 18.8. The first-order valence-corrected chi connectivity index (χ1v) is 13.8. The summed E-state index contributed by atoms with van der Waals surface area (Å²) >= 11 is 0. The number of aryl methyl sites for hydroxylation is 1. The highest BCUT2D eigenvalue weighted by Crippen LogP contribution is 2.23. The van der Waals surface area contributed by atoms with E-state index < -0.39 is 20.0 Å². The maximum atomic E-state index is 12.8. The summed E-state index contributed by atoms with van der Waals surface area (Å²) in [5.74, 6) is 1.02. The first-order valence-electron chi connectivity index (χ1n) is 10.8. The molecule has 9 nitrogen and oxygen atoms in total. The highest BCUT2D eigenvalue weighted by molar-refractivity contribution is 7.89. The van der Waals surface area contributed by atoms with Gasteiger partial charge in [0.1, 0.15) is 5.82 Å². The molecule has 0 atom stereocenters. The molecule has 11 heteroatoms. The maximum absolute atomic E-state index is 12.8. The zero-order chi connectivity index (χ0) is 22.8. The first-order chi connectivity index (χ1) is 14.6. The fourth-order valence-corrected chi connectivity index (χ4v) is 6.97. The first kappa shape index (κ1) is 24.1. The van der Waals surface area contributed by atoms with Crippen molar-refractivity contribution in [1.82, 2.24) is 23.1 Å². The SMILES string of the molecule is CCCS(=O)(=O)N1CCN(Cc2nc3cc(S(=O)(=O)N(CC)CC)ccc3n2C)CC1. The number of hydrogen-bond acceptors (Lipinski definition) is 6. The highest BCUT2D eigenvalue weighted by Gasteiger charge is 2.27. The molecule has 1 aliphatic heterocycles. The van der Waals surface area contributed by atoms with Crippen molar-refractivity contribution in [2.75, 3.05) is 45.0 Å². The maximum Gasteiger partial charge on any atom is 0.243 e. The largest absolute Gasteiger partial charge is 0.330 e. The number of fused-ring (bicyclic) bond motifs is 1. The smallest absolute Gasteiger partial charge is 0.243 e. The molecule has 1 aromatic heterocycles. The number of nitrogens with zero attached hydrogens (tertiary/aromatic N) is 5. The summed E-state index contributed by atoms with van der Waals surface area (Å²) in [6, 6.07) is 5.08. The van der Waals surface area contributed by atoms with Crippen LogP contribution in [0.2, 0.25) is 0 Å². The van der Waals surface area contributed by atoms with Crippen LogP contribution in [0.25, 0.3) is 11.0 Å². The number of piperazine rings is 1.